The Kier molecular flexibility index (Phi) is 4.66. The number of ether oxygens (including phenoxy) is 2. The van der Waals surface area contributed by atoms with Crippen LogP contribution < -0.4 is 14.8 Å². The van der Waals surface area contributed by atoms with E-state index < -0.39 is 0 Å². The van der Waals surface area contributed by atoms with E-state index in [1.54, 1.807) is 23.5 Å². The van der Waals surface area contributed by atoms with Crippen molar-refractivity contribution in [2.24, 2.45) is 0 Å². The zero-order valence-electron chi connectivity index (χ0n) is 12.0. The molecule has 0 spiro atoms. The number of fused-ring (bicyclic) bond motifs is 1. The fourth-order valence-electron chi connectivity index (χ4n) is 2.18. The lowest BCUT2D eigenvalue weighted by molar-refractivity contribution is -0.117. The molecule has 2 aromatic rings. The summed E-state index contributed by atoms with van der Waals surface area (Å²) in [7, 11) is 1.92. The lowest BCUT2D eigenvalue weighted by Gasteiger charge is -2.15. The number of hydrogen-bond acceptors (Lipinski definition) is 5. The third kappa shape index (κ3) is 3.79. The number of benzene rings is 1. The van der Waals surface area contributed by atoms with Gasteiger partial charge in [0, 0.05) is 23.2 Å². The minimum atomic E-state index is -0.0583. The maximum absolute atomic E-state index is 12.1. The number of carbonyl (C=O) groups is 1. The van der Waals surface area contributed by atoms with E-state index >= 15 is 0 Å². The summed E-state index contributed by atoms with van der Waals surface area (Å²) in [4.78, 5) is 15.3. The molecular weight excluding hydrogens is 368 g/mol. The molecule has 0 atom stereocenters. The van der Waals surface area contributed by atoms with Crippen molar-refractivity contribution in [1.29, 1.82) is 0 Å². The Morgan fingerprint density at radius 3 is 2.91 bits per heavy atom. The maximum Gasteiger partial charge on any atom is 0.238 e. The first kappa shape index (κ1) is 15.3. The van der Waals surface area contributed by atoms with Crippen LogP contribution in [0.5, 0.6) is 11.5 Å². The Hall–Kier alpha value is -1.57. The summed E-state index contributed by atoms with van der Waals surface area (Å²) in [6.45, 7) is 1.29. The van der Waals surface area contributed by atoms with Crippen LogP contribution >= 0.6 is 27.3 Å². The van der Waals surface area contributed by atoms with Crippen LogP contribution in [0.2, 0.25) is 0 Å². The molecule has 116 valence electrons. The minimum absolute atomic E-state index is 0.0583. The topological polar surface area (TPSA) is 50.8 Å². The average Bonchev–Trinajstić information content (AvgIpc) is 3.06. The lowest BCUT2D eigenvalue weighted by Crippen LogP contribution is -2.29. The molecule has 22 heavy (non-hydrogen) atoms. The first-order chi connectivity index (χ1) is 10.6. The molecule has 0 bridgehead atoms. The molecule has 5 nitrogen and oxygen atoms in total. The van der Waals surface area contributed by atoms with E-state index in [2.05, 4.69) is 27.3 Å². The van der Waals surface area contributed by atoms with Crippen molar-refractivity contribution in [2.45, 2.75) is 6.54 Å². The molecule has 0 saturated carbocycles. The zero-order chi connectivity index (χ0) is 15.5. The molecule has 3 rings (SSSR count). The summed E-state index contributed by atoms with van der Waals surface area (Å²) < 4.78 is 11.6. The van der Waals surface area contributed by atoms with Crippen LogP contribution in [0.4, 0.5) is 5.69 Å². The highest BCUT2D eigenvalue weighted by Gasteiger charge is 2.15. The van der Waals surface area contributed by atoms with E-state index in [-0.39, 0.29) is 12.7 Å². The monoisotopic (exact) mass is 382 g/mol. The van der Waals surface area contributed by atoms with Crippen molar-refractivity contribution in [2.75, 3.05) is 25.7 Å². The van der Waals surface area contributed by atoms with E-state index in [0.717, 1.165) is 10.3 Å². The highest BCUT2D eigenvalue weighted by molar-refractivity contribution is 9.11. The smallest absolute Gasteiger partial charge is 0.238 e. The molecule has 1 N–H and O–H groups in total. The molecule has 1 aliphatic rings. The molecule has 1 aliphatic heterocycles. The van der Waals surface area contributed by atoms with Crippen molar-refractivity contribution < 1.29 is 14.3 Å². The molecule has 1 amide bonds. The number of thiophene rings is 1. The van der Waals surface area contributed by atoms with Gasteiger partial charge in [0.05, 0.1) is 10.3 Å². The van der Waals surface area contributed by atoms with Gasteiger partial charge in [-0.2, -0.15) is 0 Å². The standard InChI is InChI=1S/C15H15BrN2O3S/c1-18(7-11-3-5-14(16)22-11)8-15(19)17-10-2-4-12-13(6-10)21-9-20-12/h2-6H,7-9H2,1H3,(H,17,19). The summed E-state index contributed by atoms with van der Waals surface area (Å²) in [5, 5.41) is 2.87. The molecule has 0 aliphatic carbocycles. The van der Waals surface area contributed by atoms with Gasteiger partial charge in [-0.3, -0.25) is 9.69 Å². The molecule has 1 aromatic heterocycles. The highest BCUT2D eigenvalue weighted by Crippen LogP contribution is 2.34. The molecule has 0 saturated heterocycles. The molecule has 0 radical (unpaired) electrons. The summed E-state index contributed by atoms with van der Waals surface area (Å²) in [6, 6.07) is 9.45. The van der Waals surface area contributed by atoms with Gasteiger partial charge in [-0.15, -0.1) is 11.3 Å². The van der Waals surface area contributed by atoms with Crippen molar-refractivity contribution in [3.63, 3.8) is 0 Å². The molecule has 7 heteroatoms. The Bertz CT molecular complexity index is 689. The van der Waals surface area contributed by atoms with Crippen molar-refractivity contribution in [3.8, 4) is 11.5 Å². The fraction of sp³-hybridized carbons (Fsp3) is 0.267. The number of nitrogens with one attached hydrogen (secondary N) is 1. The van der Waals surface area contributed by atoms with Gasteiger partial charge < -0.3 is 14.8 Å². The van der Waals surface area contributed by atoms with Crippen LogP contribution in [-0.4, -0.2) is 31.2 Å². The Labute approximate surface area is 141 Å². The van der Waals surface area contributed by atoms with E-state index in [9.17, 15) is 4.79 Å². The van der Waals surface area contributed by atoms with Gasteiger partial charge in [0.15, 0.2) is 11.5 Å². The summed E-state index contributed by atoms with van der Waals surface area (Å²) >= 11 is 5.11. The summed E-state index contributed by atoms with van der Waals surface area (Å²) in [6.07, 6.45) is 0. The third-order valence-corrected chi connectivity index (χ3v) is 4.73. The Balaban J connectivity index is 1.53. The van der Waals surface area contributed by atoms with Gasteiger partial charge in [0.1, 0.15) is 0 Å². The lowest BCUT2D eigenvalue weighted by atomic mass is 10.2. The third-order valence-electron chi connectivity index (χ3n) is 3.12. The van der Waals surface area contributed by atoms with E-state index in [4.69, 9.17) is 9.47 Å². The number of hydrogen-bond donors (Lipinski definition) is 1. The first-order valence-corrected chi connectivity index (χ1v) is 8.33. The van der Waals surface area contributed by atoms with Crippen molar-refractivity contribution in [1.82, 2.24) is 4.90 Å². The maximum atomic E-state index is 12.1. The normalized spacial score (nSPS) is 12.7. The Morgan fingerprint density at radius 2 is 2.14 bits per heavy atom. The number of likely N-dealkylation sites (N-methyl/N-ethyl adjacent to an activating group) is 1. The number of carbonyl (C=O) groups excluding carboxylic acids is 1. The second-order valence-electron chi connectivity index (χ2n) is 4.99. The second-order valence-corrected chi connectivity index (χ2v) is 7.54. The SMILES string of the molecule is CN(CC(=O)Nc1ccc2c(c1)OCO2)Cc1ccc(Br)s1. The van der Waals surface area contributed by atoms with Crippen molar-refractivity contribution >= 4 is 38.9 Å². The number of amides is 1. The average molecular weight is 383 g/mol. The number of halogens is 1. The summed E-state index contributed by atoms with van der Waals surface area (Å²) in [5.41, 5.74) is 0.710. The van der Waals surface area contributed by atoms with Gasteiger partial charge in [0.2, 0.25) is 12.7 Å². The van der Waals surface area contributed by atoms with E-state index in [1.165, 1.54) is 4.88 Å². The largest absolute Gasteiger partial charge is 0.454 e. The van der Waals surface area contributed by atoms with E-state index in [1.807, 2.05) is 24.1 Å². The molecular formula is C15H15BrN2O3S. The van der Waals surface area contributed by atoms with Gasteiger partial charge in [-0.05, 0) is 47.2 Å². The number of anilines is 1. The van der Waals surface area contributed by atoms with Crippen LogP contribution in [0, 0.1) is 0 Å². The molecule has 0 fully saturated rings. The minimum Gasteiger partial charge on any atom is -0.454 e. The zero-order valence-corrected chi connectivity index (χ0v) is 14.4. The number of rotatable bonds is 5. The summed E-state index contributed by atoms with van der Waals surface area (Å²) in [5.74, 6) is 1.31. The predicted molar refractivity (Wildman–Crippen MR) is 89.5 cm³/mol. The second kappa shape index (κ2) is 6.68. The van der Waals surface area contributed by atoms with Gasteiger partial charge in [-0.1, -0.05) is 0 Å². The van der Waals surface area contributed by atoms with Crippen LogP contribution in [0.25, 0.3) is 0 Å². The first-order valence-electron chi connectivity index (χ1n) is 6.72. The van der Waals surface area contributed by atoms with Crippen molar-refractivity contribution in [3.05, 3.63) is 39.0 Å². The predicted octanol–water partition coefficient (Wildman–Crippen LogP) is 3.31. The van der Waals surface area contributed by atoms with Crippen LogP contribution in [0.3, 0.4) is 0 Å². The van der Waals surface area contributed by atoms with Gasteiger partial charge in [0.25, 0.3) is 0 Å². The fourth-order valence-corrected chi connectivity index (χ4v) is 3.74. The highest BCUT2D eigenvalue weighted by atomic mass is 79.9. The van der Waals surface area contributed by atoms with Crippen LogP contribution in [-0.2, 0) is 11.3 Å². The molecule has 1 aromatic carbocycles. The van der Waals surface area contributed by atoms with Crippen LogP contribution in [0.1, 0.15) is 4.88 Å². The quantitative estimate of drug-likeness (QED) is 0.861. The molecule has 2 heterocycles. The Morgan fingerprint density at radius 1 is 1.32 bits per heavy atom. The van der Waals surface area contributed by atoms with Gasteiger partial charge >= 0.3 is 0 Å². The number of nitrogens with zero attached hydrogens (tertiary/aromatic N) is 1. The van der Waals surface area contributed by atoms with Crippen LogP contribution in [0.15, 0.2) is 34.1 Å². The van der Waals surface area contributed by atoms with E-state index in [0.29, 0.717) is 23.7 Å². The van der Waals surface area contributed by atoms with Gasteiger partial charge in [-0.25, -0.2) is 0 Å². The molecule has 0 unspecified atom stereocenters.